The summed E-state index contributed by atoms with van der Waals surface area (Å²) in [5.74, 6) is 2.51. The zero-order chi connectivity index (χ0) is 11.0. The van der Waals surface area contributed by atoms with Crippen LogP contribution < -0.4 is 10.5 Å². The predicted molar refractivity (Wildman–Crippen MR) is 64.8 cm³/mol. The van der Waals surface area contributed by atoms with Gasteiger partial charge in [-0.15, -0.1) is 0 Å². The van der Waals surface area contributed by atoms with Gasteiger partial charge in [0.1, 0.15) is 5.75 Å². The van der Waals surface area contributed by atoms with Gasteiger partial charge in [-0.2, -0.15) is 0 Å². The first-order valence-electron chi connectivity index (χ1n) is 6.35. The number of benzene rings is 1. The van der Waals surface area contributed by atoms with Gasteiger partial charge in [-0.05, 0) is 55.2 Å². The molecule has 0 aromatic heterocycles. The van der Waals surface area contributed by atoms with Gasteiger partial charge in [0.2, 0.25) is 0 Å². The van der Waals surface area contributed by atoms with Crippen LogP contribution in [0.3, 0.4) is 0 Å². The van der Waals surface area contributed by atoms with Gasteiger partial charge in [-0.1, -0.05) is 18.2 Å². The van der Waals surface area contributed by atoms with E-state index in [0.29, 0.717) is 11.8 Å². The molecule has 2 atom stereocenters. The highest BCUT2D eigenvalue weighted by Gasteiger charge is 2.33. The van der Waals surface area contributed by atoms with Crippen molar-refractivity contribution in [2.24, 2.45) is 11.7 Å². The van der Waals surface area contributed by atoms with Crippen molar-refractivity contribution >= 4 is 0 Å². The molecule has 0 bridgehead atoms. The topological polar surface area (TPSA) is 35.2 Å². The van der Waals surface area contributed by atoms with Gasteiger partial charge >= 0.3 is 0 Å². The second kappa shape index (κ2) is 4.10. The highest BCUT2D eigenvalue weighted by Crippen LogP contribution is 2.46. The Labute approximate surface area is 96.8 Å². The smallest absolute Gasteiger partial charge is 0.125 e. The summed E-state index contributed by atoms with van der Waals surface area (Å²) in [5.41, 5.74) is 8.61. The monoisotopic (exact) mass is 217 g/mol. The Kier molecular flexibility index (Phi) is 2.60. The number of fused-ring (bicyclic) bond motifs is 1. The van der Waals surface area contributed by atoms with Crippen LogP contribution in [0, 0.1) is 5.92 Å². The van der Waals surface area contributed by atoms with E-state index in [1.54, 1.807) is 0 Å². The highest BCUT2D eigenvalue weighted by molar-refractivity contribution is 5.45. The first-order valence-corrected chi connectivity index (χ1v) is 6.35. The van der Waals surface area contributed by atoms with Gasteiger partial charge in [0.25, 0.3) is 0 Å². The van der Waals surface area contributed by atoms with E-state index in [1.807, 2.05) is 0 Å². The first-order chi connectivity index (χ1) is 7.90. The maximum absolute atomic E-state index is 5.86. The van der Waals surface area contributed by atoms with Crippen molar-refractivity contribution in [2.45, 2.75) is 31.6 Å². The van der Waals surface area contributed by atoms with Crippen LogP contribution in [0.1, 0.15) is 36.3 Å². The summed E-state index contributed by atoms with van der Waals surface area (Å²) in [6.07, 6.45) is 4.89. The second-order valence-corrected chi connectivity index (χ2v) is 4.97. The second-order valence-electron chi connectivity index (χ2n) is 4.97. The number of hydrogen-bond donors (Lipinski definition) is 1. The molecule has 2 unspecified atom stereocenters. The molecule has 16 heavy (non-hydrogen) atoms. The number of nitrogens with two attached hydrogens (primary N) is 1. The lowest BCUT2D eigenvalue weighted by Gasteiger charge is -2.38. The Hall–Kier alpha value is -1.02. The van der Waals surface area contributed by atoms with Crippen molar-refractivity contribution in [1.82, 2.24) is 0 Å². The number of hydrogen-bond acceptors (Lipinski definition) is 2. The molecule has 2 aliphatic rings. The molecule has 0 amide bonds. The van der Waals surface area contributed by atoms with Crippen LogP contribution in [0.2, 0.25) is 0 Å². The largest absolute Gasteiger partial charge is 0.493 e. The van der Waals surface area contributed by atoms with Gasteiger partial charge in [-0.25, -0.2) is 0 Å². The summed E-state index contributed by atoms with van der Waals surface area (Å²) >= 11 is 0. The molecule has 0 radical (unpaired) electrons. The van der Waals surface area contributed by atoms with Crippen LogP contribution in [0.5, 0.6) is 5.75 Å². The van der Waals surface area contributed by atoms with E-state index in [2.05, 4.69) is 18.2 Å². The van der Waals surface area contributed by atoms with Crippen molar-refractivity contribution < 1.29 is 4.74 Å². The summed E-state index contributed by atoms with van der Waals surface area (Å²) in [6.45, 7) is 1.69. The normalized spacial score (nSPS) is 27.8. The molecule has 1 heterocycles. The molecule has 1 aromatic rings. The lowest BCUT2D eigenvalue weighted by atomic mass is 9.69. The van der Waals surface area contributed by atoms with Gasteiger partial charge in [0, 0.05) is 0 Å². The van der Waals surface area contributed by atoms with Gasteiger partial charge in [0.15, 0.2) is 0 Å². The van der Waals surface area contributed by atoms with E-state index in [0.717, 1.165) is 19.6 Å². The molecule has 3 rings (SSSR count). The number of rotatable bonds is 2. The molecule has 1 fully saturated rings. The molecule has 0 spiro atoms. The molecule has 0 saturated heterocycles. The van der Waals surface area contributed by atoms with Crippen LogP contribution in [-0.4, -0.2) is 13.2 Å². The van der Waals surface area contributed by atoms with E-state index in [-0.39, 0.29) is 0 Å². The van der Waals surface area contributed by atoms with Crippen molar-refractivity contribution in [1.29, 1.82) is 0 Å². The fraction of sp³-hybridized carbons (Fsp3) is 0.571. The molecule has 2 heteroatoms. The third-order valence-corrected chi connectivity index (χ3v) is 4.08. The first kappa shape index (κ1) is 10.2. The fourth-order valence-corrected chi connectivity index (χ4v) is 2.97. The van der Waals surface area contributed by atoms with Crippen molar-refractivity contribution in [3.8, 4) is 5.75 Å². The average molecular weight is 217 g/mol. The zero-order valence-electron chi connectivity index (χ0n) is 9.61. The van der Waals surface area contributed by atoms with Crippen LogP contribution in [0.4, 0.5) is 0 Å². The summed E-state index contributed by atoms with van der Waals surface area (Å²) in [6, 6.07) is 6.61. The van der Waals surface area contributed by atoms with Crippen LogP contribution in [0.25, 0.3) is 0 Å². The van der Waals surface area contributed by atoms with E-state index in [9.17, 15) is 0 Å². The average Bonchev–Trinajstić information content (AvgIpc) is 2.29. The summed E-state index contributed by atoms with van der Waals surface area (Å²) in [7, 11) is 0. The molecule has 86 valence electrons. The van der Waals surface area contributed by atoms with E-state index in [4.69, 9.17) is 10.5 Å². The third-order valence-electron chi connectivity index (χ3n) is 4.08. The summed E-state index contributed by atoms with van der Waals surface area (Å²) < 4.78 is 5.86. The van der Waals surface area contributed by atoms with E-state index < -0.39 is 0 Å². The molecule has 1 aromatic carbocycles. The minimum atomic E-state index is 0.651. The highest BCUT2D eigenvalue weighted by atomic mass is 16.5. The molecule has 2 N–H and O–H groups in total. The minimum absolute atomic E-state index is 0.651. The van der Waals surface area contributed by atoms with Crippen molar-refractivity contribution in [3.05, 3.63) is 29.3 Å². The Balaban J connectivity index is 1.94. The van der Waals surface area contributed by atoms with Gasteiger partial charge in [-0.3, -0.25) is 0 Å². The number of aryl methyl sites for hydroxylation is 1. The Morgan fingerprint density at radius 3 is 3.00 bits per heavy atom. The van der Waals surface area contributed by atoms with Gasteiger partial charge in [0.05, 0.1) is 6.61 Å². The standard InChI is InChI=1S/C14H19NO/c15-9-11-6-7-12(11)13-5-1-3-10-4-2-8-16-14(10)13/h1,3,5,11-12H,2,4,6-9,15H2. The van der Waals surface area contributed by atoms with E-state index >= 15 is 0 Å². The summed E-state index contributed by atoms with van der Waals surface area (Å²) in [5, 5.41) is 0. The maximum Gasteiger partial charge on any atom is 0.125 e. The van der Waals surface area contributed by atoms with Gasteiger partial charge < -0.3 is 10.5 Å². The van der Waals surface area contributed by atoms with Crippen molar-refractivity contribution in [2.75, 3.05) is 13.2 Å². The van der Waals surface area contributed by atoms with Crippen LogP contribution in [-0.2, 0) is 6.42 Å². The summed E-state index contributed by atoms with van der Waals surface area (Å²) in [4.78, 5) is 0. The Morgan fingerprint density at radius 1 is 1.31 bits per heavy atom. The molecule has 1 aliphatic carbocycles. The number of para-hydroxylation sites is 1. The lowest BCUT2D eigenvalue weighted by molar-refractivity contribution is 0.240. The minimum Gasteiger partial charge on any atom is -0.493 e. The molecular formula is C14H19NO. The number of ether oxygens (including phenoxy) is 1. The van der Waals surface area contributed by atoms with Crippen LogP contribution in [0.15, 0.2) is 18.2 Å². The predicted octanol–water partition coefficient (Wildman–Crippen LogP) is 2.46. The van der Waals surface area contributed by atoms with E-state index in [1.165, 1.54) is 36.1 Å². The lowest BCUT2D eigenvalue weighted by Crippen LogP contribution is -2.31. The fourth-order valence-electron chi connectivity index (χ4n) is 2.97. The molecule has 1 saturated carbocycles. The molecule has 1 aliphatic heterocycles. The Morgan fingerprint density at radius 2 is 2.25 bits per heavy atom. The van der Waals surface area contributed by atoms with Crippen molar-refractivity contribution in [3.63, 3.8) is 0 Å². The zero-order valence-corrected chi connectivity index (χ0v) is 9.61. The third kappa shape index (κ3) is 1.52. The quantitative estimate of drug-likeness (QED) is 0.826. The van der Waals surface area contributed by atoms with Crippen LogP contribution >= 0.6 is 0 Å². The SMILES string of the molecule is NCC1CCC1c1cccc2c1OCCC2. The molecular weight excluding hydrogens is 198 g/mol. The Bertz CT molecular complexity index is 386. The maximum atomic E-state index is 5.86. The molecule has 2 nitrogen and oxygen atoms in total.